The molecule has 1 rings (SSSR count). The van der Waals surface area contributed by atoms with Gasteiger partial charge in [-0.15, -0.1) is 0 Å². The predicted octanol–water partition coefficient (Wildman–Crippen LogP) is 5.64. The van der Waals surface area contributed by atoms with E-state index in [4.69, 9.17) is 10.8 Å². The minimum absolute atomic E-state index is 0.385. The van der Waals surface area contributed by atoms with Gasteiger partial charge in [-0.25, -0.2) is 0 Å². The molecule has 3 N–H and O–H groups in total. The fourth-order valence-electron chi connectivity index (χ4n) is 3.60. The van der Waals surface area contributed by atoms with Crippen LogP contribution in [0.3, 0.4) is 0 Å². The van der Waals surface area contributed by atoms with Crippen molar-refractivity contribution in [2.24, 2.45) is 5.73 Å². The van der Waals surface area contributed by atoms with E-state index in [1.165, 1.54) is 82.0 Å². The summed E-state index contributed by atoms with van der Waals surface area (Å²) in [6, 6.07) is 8.54. The molecule has 0 amide bonds. The number of aliphatic carboxylic acids is 1. The maximum atomic E-state index is 10.4. The zero-order valence-electron chi connectivity index (χ0n) is 19.5. The number of rotatable bonds is 15. The SMILES string of the molecule is CCCC[N+](CCCC)(CCCC)CCCC.N[C@@H](Cc1ccccc1)C(=O)O. The molecule has 0 aliphatic heterocycles. The van der Waals surface area contributed by atoms with E-state index in [9.17, 15) is 4.79 Å². The number of carbonyl (C=O) groups is 1. The molecule has 4 heteroatoms. The normalized spacial score (nSPS) is 12.2. The molecule has 168 valence electrons. The monoisotopic (exact) mass is 407 g/mol. The van der Waals surface area contributed by atoms with Crippen LogP contribution in [0, 0.1) is 0 Å². The van der Waals surface area contributed by atoms with Gasteiger partial charge in [0, 0.05) is 0 Å². The predicted molar refractivity (Wildman–Crippen MR) is 125 cm³/mol. The highest BCUT2D eigenvalue weighted by molar-refractivity contribution is 5.73. The first kappa shape index (κ1) is 27.6. The molecule has 0 aliphatic rings. The maximum Gasteiger partial charge on any atom is 0.320 e. The van der Waals surface area contributed by atoms with Gasteiger partial charge >= 0.3 is 5.97 Å². The number of quaternary nitrogens is 1. The number of unbranched alkanes of at least 4 members (excludes halogenated alkanes) is 4. The van der Waals surface area contributed by atoms with Crippen LogP contribution in [0.2, 0.25) is 0 Å². The van der Waals surface area contributed by atoms with Crippen LogP contribution in [-0.2, 0) is 11.2 Å². The lowest BCUT2D eigenvalue weighted by molar-refractivity contribution is -0.929. The number of nitrogens with two attached hydrogens (primary N) is 1. The first-order valence-electron chi connectivity index (χ1n) is 11.8. The Morgan fingerprint density at radius 1 is 0.828 bits per heavy atom. The van der Waals surface area contributed by atoms with Crippen molar-refractivity contribution in [1.29, 1.82) is 0 Å². The van der Waals surface area contributed by atoms with E-state index in [1.807, 2.05) is 30.3 Å². The fourth-order valence-corrected chi connectivity index (χ4v) is 3.60. The fraction of sp³-hybridized carbons (Fsp3) is 0.720. The quantitative estimate of drug-likeness (QED) is 0.370. The van der Waals surface area contributed by atoms with E-state index in [1.54, 1.807) is 0 Å². The Hall–Kier alpha value is -1.39. The van der Waals surface area contributed by atoms with E-state index >= 15 is 0 Å². The largest absolute Gasteiger partial charge is 0.480 e. The van der Waals surface area contributed by atoms with Gasteiger partial charge in [0.15, 0.2) is 0 Å². The van der Waals surface area contributed by atoms with Gasteiger partial charge in [-0.05, 0) is 37.7 Å². The van der Waals surface area contributed by atoms with Crippen molar-refractivity contribution in [2.75, 3.05) is 26.2 Å². The number of benzene rings is 1. The third-order valence-electron chi connectivity index (χ3n) is 5.56. The third-order valence-corrected chi connectivity index (χ3v) is 5.56. The van der Waals surface area contributed by atoms with Crippen molar-refractivity contribution in [3.05, 3.63) is 35.9 Å². The Morgan fingerprint density at radius 2 is 1.21 bits per heavy atom. The van der Waals surface area contributed by atoms with Gasteiger partial charge in [0.05, 0.1) is 26.2 Å². The van der Waals surface area contributed by atoms with Gasteiger partial charge < -0.3 is 15.3 Å². The van der Waals surface area contributed by atoms with Crippen LogP contribution in [0.4, 0.5) is 0 Å². The summed E-state index contributed by atoms with van der Waals surface area (Å²) in [5.41, 5.74) is 6.30. The second-order valence-corrected chi connectivity index (χ2v) is 8.28. The smallest absolute Gasteiger partial charge is 0.320 e. The average Bonchev–Trinajstić information content (AvgIpc) is 2.74. The molecule has 0 heterocycles. The van der Waals surface area contributed by atoms with Gasteiger partial charge in [0.2, 0.25) is 0 Å². The molecular weight excluding hydrogens is 360 g/mol. The molecule has 0 fully saturated rings. The first-order chi connectivity index (χ1) is 13.9. The summed E-state index contributed by atoms with van der Waals surface area (Å²) >= 11 is 0. The minimum atomic E-state index is -0.959. The van der Waals surface area contributed by atoms with Gasteiger partial charge in [-0.2, -0.15) is 0 Å². The number of hydrogen-bond donors (Lipinski definition) is 2. The molecule has 0 bridgehead atoms. The number of hydrogen-bond acceptors (Lipinski definition) is 2. The van der Waals surface area contributed by atoms with Crippen molar-refractivity contribution in [2.45, 2.75) is 91.5 Å². The molecule has 1 aromatic rings. The van der Waals surface area contributed by atoms with Crippen molar-refractivity contribution in [3.63, 3.8) is 0 Å². The standard InChI is InChI=1S/C16H36N.C9H11NO2/c1-5-9-13-17(14-10-6-2,15-11-7-3)16-12-8-4;10-8(9(11)12)6-7-4-2-1-3-5-7/h5-16H2,1-4H3;1-5,8H,6,10H2,(H,11,12)/q+1;/t;8-/m.0/s1. The molecule has 29 heavy (non-hydrogen) atoms. The van der Waals surface area contributed by atoms with Gasteiger partial charge in [-0.3, -0.25) is 4.79 Å². The van der Waals surface area contributed by atoms with Crippen molar-refractivity contribution < 1.29 is 14.4 Å². The first-order valence-corrected chi connectivity index (χ1v) is 11.8. The van der Waals surface area contributed by atoms with Crippen molar-refractivity contribution in [1.82, 2.24) is 0 Å². The Balaban J connectivity index is 0.000000571. The molecular formula is C25H47N2O2+. The van der Waals surface area contributed by atoms with E-state index in [0.29, 0.717) is 6.42 Å². The van der Waals surface area contributed by atoms with E-state index in [2.05, 4.69) is 27.7 Å². The minimum Gasteiger partial charge on any atom is -0.480 e. The molecule has 0 unspecified atom stereocenters. The number of carboxylic acids is 1. The van der Waals surface area contributed by atoms with Crippen LogP contribution in [-0.4, -0.2) is 47.8 Å². The molecule has 0 radical (unpaired) electrons. The van der Waals surface area contributed by atoms with Crippen LogP contribution in [0.25, 0.3) is 0 Å². The lowest BCUT2D eigenvalue weighted by atomic mass is 10.1. The highest BCUT2D eigenvalue weighted by Crippen LogP contribution is 2.16. The summed E-state index contributed by atoms with van der Waals surface area (Å²) in [5.74, 6) is -0.959. The van der Waals surface area contributed by atoms with Crippen LogP contribution in [0.5, 0.6) is 0 Å². The molecule has 0 aromatic heterocycles. The van der Waals surface area contributed by atoms with E-state index < -0.39 is 12.0 Å². The average molecular weight is 408 g/mol. The van der Waals surface area contributed by atoms with Crippen molar-refractivity contribution >= 4 is 5.97 Å². The molecule has 0 saturated heterocycles. The summed E-state index contributed by atoms with van der Waals surface area (Å²) in [7, 11) is 0. The van der Waals surface area contributed by atoms with Crippen LogP contribution in [0.15, 0.2) is 30.3 Å². The zero-order valence-corrected chi connectivity index (χ0v) is 19.5. The molecule has 1 atom stereocenters. The zero-order chi connectivity index (χ0) is 22.0. The van der Waals surface area contributed by atoms with Gasteiger partial charge in [-0.1, -0.05) is 83.7 Å². The topological polar surface area (TPSA) is 63.3 Å². The van der Waals surface area contributed by atoms with Crippen LogP contribution >= 0.6 is 0 Å². The number of nitrogens with zero attached hydrogens (tertiary/aromatic N) is 1. The summed E-state index contributed by atoms with van der Waals surface area (Å²) in [5, 5.41) is 8.52. The van der Waals surface area contributed by atoms with Crippen LogP contribution in [0.1, 0.15) is 84.6 Å². The second kappa shape index (κ2) is 17.5. The van der Waals surface area contributed by atoms with E-state index in [0.717, 1.165) is 5.56 Å². The molecule has 1 aromatic carbocycles. The van der Waals surface area contributed by atoms with Gasteiger partial charge in [0.25, 0.3) is 0 Å². The Morgan fingerprint density at radius 3 is 1.52 bits per heavy atom. The summed E-state index contributed by atoms with van der Waals surface area (Å²) in [4.78, 5) is 10.4. The van der Waals surface area contributed by atoms with Crippen LogP contribution < -0.4 is 5.73 Å². The summed E-state index contributed by atoms with van der Waals surface area (Å²) in [6.07, 6.45) is 11.4. The Kier molecular flexibility index (Phi) is 16.6. The second-order valence-electron chi connectivity index (χ2n) is 8.28. The third kappa shape index (κ3) is 13.5. The molecule has 4 nitrogen and oxygen atoms in total. The molecule has 0 saturated carbocycles. The number of carboxylic acid groups (broad SMARTS) is 1. The highest BCUT2D eigenvalue weighted by atomic mass is 16.4. The Labute approximate surface area is 180 Å². The maximum absolute atomic E-state index is 10.4. The molecule has 0 aliphatic carbocycles. The highest BCUT2D eigenvalue weighted by Gasteiger charge is 2.24. The van der Waals surface area contributed by atoms with Crippen molar-refractivity contribution in [3.8, 4) is 0 Å². The summed E-state index contributed by atoms with van der Waals surface area (Å²) < 4.78 is 1.42. The Bertz CT molecular complexity index is 467. The molecule has 0 spiro atoms. The lowest BCUT2D eigenvalue weighted by Crippen LogP contribution is -2.50. The van der Waals surface area contributed by atoms with Gasteiger partial charge in [0.1, 0.15) is 6.04 Å². The lowest BCUT2D eigenvalue weighted by Gasteiger charge is -2.39. The summed E-state index contributed by atoms with van der Waals surface area (Å²) in [6.45, 7) is 15.0. The van der Waals surface area contributed by atoms with E-state index in [-0.39, 0.29) is 0 Å².